The van der Waals surface area contributed by atoms with Crippen molar-refractivity contribution >= 4 is 17.3 Å². The van der Waals surface area contributed by atoms with Crippen LogP contribution in [-0.2, 0) is 4.79 Å². The van der Waals surface area contributed by atoms with Gasteiger partial charge in [-0.25, -0.2) is 13.5 Å². The molecule has 1 amide bonds. The molecule has 0 radical (unpaired) electrons. The highest BCUT2D eigenvalue weighted by molar-refractivity contribution is 5.92. The number of anilines is 2. The second-order valence-corrected chi connectivity index (χ2v) is 7.70. The third kappa shape index (κ3) is 4.59. The largest absolute Gasteiger partial charge is 0.366 e. The van der Waals surface area contributed by atoms with Crippen molar-refractivity contribution in [1.29, 1.82) is 0 Å². The number of nitrogens with one attached hydrogen (secondary N) is 1. The normalized spacial score (nSPS) is 14.6. The van der Waals surface area contributed by atoms with Gasteiger partial charge in [0.05, 0.1) is 35.0 Å². The fourth-order valence-corrected chi connectivity index (χ4v) is 4.03. The van der Waals surface area contributed by atoms with E-state index in [4.69, 9.17) is 5.10 Å². The number of hydrogen-bond donors (Lipinski definition) is 1. The van der Waals surface area contributed by atoms with Gasteiger partial charge >= 0.3 is 0 Å². The van der Waals surface area contributed by atoms with Crippen LogP contribution in [0.15, 0.2) is 48.5 Å². The molecule has 1 saturated heterocycles. The summed E-state index contributed by atoms with van der Waals surface area (Å²) >= 11 is 0. The summed E-state index contributed by atoms with van der Waals surface area (Å²) in [4.78, 5) is 16.6. The summed E-state index contributed by atoms with van der Waals surface area (Å²) in [6.45, 7) is 7.17. The molecule has 1 N–H and O–H groups in total. The zero-order chi connectivity index (χ0) is 22.0. The first-order chi connectivity index (χ1) is 14.9. The van der Waals surface area contributed by atoms with E-state index in [1.165, 1.54) is 6.07 Å². The number of halogens is 2. The lowest BCUT2D eigenvalue weighted by molar-refractivity contribution is -0.117. The van der Waals surface area contributed by atoms with Gasteiger partial charge in [-0.05, 0) is 38.1 Å². The molecule has 3 aromatic rings. The van der Waals surface area contributed by atoms with E-state index in [9.17, 15) is 13.6 Å². The topological polar surface area (TPSA) is 53.4 Å². The van der Waals surface area contributed by atoms with E-state index < -0.39 is 11.6 Å². The summed E-state index contributed by atoms with van der Waals surface area (Å²) in [5, 5.41) is 7.24. The highest BCUT2D eigenvalue weighted by atomic mass is 19.1. The average Bonchev–Trinajstić information content (AvgIpc) is 3.05. The average molecular weight is 425 g/mol. The minimum absolute atomic E-state index is 0.00962. The molecule has 0 atom stereocenters. The van der Waals surface area contributed by atoms with Crippen molar-refractivity contribution < 1.29 is 13.6 Å². The Bertz CT molecular complexity index is 1080. The molecular formula is C23H25F2N5O. The molecule has 1 aliphatic rings. The molecule has 0 saturated carbocycles. The Balaban J connectivity index is 1.37. The Morgan fingerprint density at radius 1 is 1.03 bits per heavy atom. The number of carbonyl (C=O) groups excluding carboxylic acids is 1. The lowest BCUT2D eigenvalue weighted by Gasteiger charge is -2.35. The molecular weight excluding hydrogens is 400 g/mol. The number of carbonyl (C=O) groups is 1. The molecule has 2 heterocycles. The van der Waals surface area contributed by atoms with Crippen molar-refractivity contribution in [2.45, 2.75) is 13.8 Å². The molecule has 1 aliphatic heterocycles. The molecule has 0 bridgehead atoms. The zero-order valence-corrected chi connectivity index (χ0v) is 17.6. The molecule has 1 aromatic heterocycles. The first-order valence-corrected chi connectivity index (χ1v) is 10.3. The van der Waals surface area contributed by atoms with Gasteiger partial charge < -0.3 is 10.2 Å². The van der Waals surface area contributed by atoms with E-state index in [2.05, 4.69) is 17.1 Å². The second-order valence-electron chi connectivity index (χ2n) is 7.70. The van der Waals surface area contributed by atoms with Gasteiger partial charge in [0.2, 0.25) is 5.91 Å². The van der Waals surface area contributed by atoms with Crippen molar-refractivity contribution in [2.24, 2.45) is 0 Å². The fraction of sp³-hybridized carbons (Fsp3) is 0.304. The molecule has 31 heavy (non-hydrogen) atoms. The van der Waals surface area contributed by atoms with Gasteiger partial charge in [0, 0.05) is 32.2 Å². The number of piperazine rings is 1. The highest BCUT2D eigenvalue weighted by Crippen LogP contribution is 2.27. The predicted octanol–water partition coefficient (Wildman–Crippen LogP) is 3.53. The lowest BCUT2D eigenvalue weighted by Crippen LogP contribution is -2.49. The number of nitrogens with zero attached hydrogens (tertiary/aromatic N) is 4. The maximum absolute atomic E-state index is 13.7. The van der Waals surface area contributed by atoms with E-state index in [0.717, 1.165) is 48.0 Å². The van der Waals surface area contributed by atoms with Crippen molar-refractivity contribution in [1.82, 2.24) is 14.7 Å². The smallest absolute Gasteiger partial charge is 0.238 e. The number of hydrogen-bond acceptors (Lipinski definition) is 4. The van der Waals surface area contributed by atoms with Crippen LogP contribution in [0.5, 0.6) is 0 Å². The summed E-state index contributed by atoms with van der Waals surface area (Å²) in [5.41, 5.74) is 4.20. The Hall–Kier alpha value is -3.26. The maximum atomic E-state index is 13.7. The summed E-state index contributed by atoms with van der Waals surface area (Å²) in [7, 11) is 0. The first kappa shape index (κ1) is 21.0. The van der Waals surface area contributed by atoms with Gasteiger partial charge in [-0.3, -0.25) is 9.69 Å². The molecule has 0 unspecified atom stereocenters. The fourth-order valence-electron chi connectivity index (χ4n) is 4.03. The Morgan fingerprint density at radius 3 is 2.42 bits per heavy atom. The van der Waals surface area contributed by atoms with Crippen LogP contribution in [0.3, 0.4) is 0 Å². The molecule has 0 aliphatic carbocycles. The van der Waals surface area contributed by atoms with Crippen LogP contribution in [0.25, 0.3) is 5.69 Å². The van der Waals surface area contributed by atoms with Crippen LogP contribution in [-0.4, -0.2) is 53.3 Å². The molecule has 6 nitrogen and oxygen atoms in total. The molecule has 2 aromatic carbocycles. The summed E-state index contributed by atoms with van der Waals surface area (Å²) < 4.78 is 28.7. The van der Waals surface area contributed by atoms with Gasteiger partial charge in [0.15, 0.2) is 0 Å². The van der Waals surface area contributed by atoms with Crippen LogP contribution in [0, 0.1) is 25.5 Å². The zero-order valence-electron chi connectivity index (χ0n) is 17.6. The van der Waals surface area contributed by atoms with Gasteiger partial charge in [-0.15, -0.1) is 0 Å². The molecule has 162 valence electrons. The van der Waals surface area contributed by atoms with Gasteiger partial charge in [-0.1, -0.05) is 18.2 Å². The molecule has 0 spiro atoms. The quantitative estimate of drug-likeness (QED) is 0.680. The minimum Gasteiger partial charge on any atom is -0.366 e. The Kier molecular flexibility index (Phi) is 5.99. The summed E-state index contributed by atoms with van der Waals surface area (Å²) in [5.74, 6) is -1.77. The molecule has 1 fully saturated rings. The van der Waals surface area contributed by atoms with Gasteiger partial charge in [0.1, 0.15) is 11.6 Å². The van der Waals surface area contributed by atoms with Crippen molar-refractivity contribution in [3.8, 4) is 5.69 Å². The standard InChI is InChI=1S/C23H25F2N5O/c1-16-23(17(2)30(27-16)19-6-4-3-5-7-19)29-12-10-28(11-13-29)15-22(31)26-21-9-8-18(24)14-20(21)25/h3-9,14H,10-13,15H2,1-2H3,(H,26,31). The van der Waals surface area contributed by atoms with Crippen LogP contribution in [0.2, 0.25) is 0 Å². The van der Waals surface area contributed by atoms with Crippen LogP contribution < -0.4 is 10.2 Å². The minimum atomic E-state index is -0.778. The van der Waals surface area contributed by atoms with E-state index >= 15 is 0 Å². The van der Waals surface area contributed by atoms with Gasteiger partial charge in [-0.2, -0.15) is 5.10 Å². The van der Waals surface area contributed by atoms with Crippen molar-refractivity contribution in [3.63, 3.8) is 0 Å². The van der Waals surface area contributed by atoms with Gasteiger partial charge in [0.25, 0.3) is 0 Å². The summed E-state index contributed by atoms with van der Waals surface area (Å²) in [6, 6.07) is 13.1. The highest BCUT2D eigenvalue weighted by Gasteiger charge is 2.24. The molecule has 8 heteroatoms. The number of aromatic nitrogens is 2. The van der Waals surface area contributed by atoms with Crippen LogP contribution >= 0.6 is 0 Å². The van der Waals surface area contributed by atoms with E-state index in [1.807, 2.05) is 46.8 Å². The number of amides is 1. The second kappa shape index (κ2) is 8.85. The van der Waals surface area contributed by atoms with Crippen LogP contribution in [0.4, 0.5) is 20.2 Å². The SMILES string of the molecule is Cc1nn(-c2ccccc2)c(C)c1N1CCN(CC(=O)Nc2ccc(F)cc2F)CC1. The predicted molar refractivity (Wildman–Crippen MR) is 117 cm³/mol. The number of aryl methyl sites for hydroxylation is 1. The summed E-state index contributed by atoms with van der Waals surface area (Å²) in [6.07, 6.45) is 0. The number of benzene rings is 2. The molecule has 4 rings (SSSR count). The number of para-hydroxylation sites is 1. The third-order valence-electron chi connectivity index (χ3n) is 5.51. The monoisotopic (exact) mass is 425 g/mol. The lowest BCUT2D eigenvalue weighted by atomic mass is 10.2. The van der Waals surface area contributed by atoms with E-state index in [0.29, 0.717) is 13.1 Å². The first-order valence-electron chi connectivity index (χ1n) is 10.3. The Labute approximate surface area is 180 Å². The third-order valence-corrected chi connectivity index (χ3v) is 5.51. The maximum Gasteiger partial charge on any atom is 0.238 e. The van der Waals surface area contributed by atoms with Crippen molar-refractivity contribution in [3.05, 3.63) is 71.6 Å². The Morgan fingerprint density at radius 2 is 1.74 bits per heavy atom. The van der Waals surface area contributed by atoms with E-state index in [-0.39, 0.29) is 18.1 Å². The van der Waals surface area contributed by atoms with E-state index in [1.54, 1.807) is 0 Å². The van der Waals surface area contributed by atoms with Crippen molar-refractivity contribution in [2.75, 3.05) is 42.9 Å². The van der Waals surface area contributed by atoms with Crippen LogP contribution in [0.1, 0.15) is 11.4 Å². The number of rotatable bonds is 5.